The lowest BCUT2D eigenvalue weighted by Gasteiger charge is -2.12. The van der Waals surface area contributed by atoms with Gasteiger partial charge in [0.05, 0.1) is 10.9 Å². The first kappa shape index (κ1) is 20.3. The van der Waals surface area contributed by atoms with Gasteiger partial charge in [-0.05, 0) is 33.8 Å². The van der Waals surface area contributed by atoms with Gasteiger partial charge in [-0.1, -0.05) is 41.6 Å². The second-order valence-electron chi connectivity index (χ2n) is 6.48. The van der Waals surface area contributed by atoms with Crippen LogP contribution in [0.25, 0.3) is 11.4 Å². The number of aromatic nitrogens is 4. The molecule has 0 radical (unpaired) electrons. The zero-order chi connectivity index (χ0) is 20.3. The van der Waals surface area contributed by atoms with Crippen molar-refractivity contribution in [1.29, 1.82) is 0 Å². The first-order valence-electron chi connectivity index (χ1n) is 8.91. The lowest BCUT2D eigenvalue weighted by Crippen LogP contribution is -2.22. The fourth-order valence-corrected chi connectivity index (χ4v) is 4.29. The molecule has 0 spiro atoms. The molecule has 3 aromatic rings. The predicted octanol–water partition coefficient (Wildman–Crippen LogP) is 4.63. The number of hydrogen-bond acceptors (Lipinski definition) is 6. The lowest BCUT2D eigenvalue weighted by molar-refractivity contribution is -0.115. The van der Waals surface area contributed by atoms with Crippen molar-refractivity contribution in [1.82, 2.24) is 19.7 Å². The summed E-state index contributed by atoms with van der Waals surface area (Å²) in [4.78, 5) is 18.1. The Morgan fingerprint density at radius 2 is 2.14 bits per heavy atom. The summed E-state index contributed by atoms with van der Waals surface area (Å²) < 4.78 is 1.98. The Hall–Kier alpha value is -2.45. The van der Waals surface area contributed by atoms with Crippen LogP contribution in [0.3, 0.4) is 0 Å². The van der Waals surface area contributed by atoms with Crippen molar-refractivity contribution in [3.8, 4) is 11.4 Å². The first-order chi connectivity index (χ1) is 13.4. The third-order valence-electron chi connectivity index (χ3n) is 4.21. The molecule has 0 saturated carbocycles. The number of nitrogens with zero attached hydrogens (tertiary/aromatic N) is 4. The van der Waals surface area contributed by atoms with Crippen LogP contribution in [0.1, 0.15) is 23.1 Å². The number of allylic oxidation sites excluding steroid dienone is 1. The molecule has 2 aromatic heterocycles. The number of carbonyl (C=O) groups excluding carboxylic acids is 1. The SMILES string of the molecule is C=CCn1c(S[C@H](C)C(=O)Nc2nc(C)c(C)s2)nnc1-c1cccc(C)c1. The summed E-state index contributed by atoms with van der Waals surface area (Å²) in [7, 11) is 0. The number of rotatable bonds is 7. The number of aryl methyl sites for hydroxylation is 3. The van der Waals surface area contributed by atoms with Crippen LogP contribution < -0.4 is 5.32 Å². The van der Waals surface area contributed by atoms with Crippen molar-refractivity contribution in [2.45, 2.75) is 44.6 Å². The van der Waals surface area contributed by atoms with Crippen LogP contribution in [-0.4, -0.2) is 30.9 Å². The van der Waals surface area contributed by atoms with Gasteiger partial charge in [0, 0.05) is 17.0 Å². The summed E-state index contributed by atoms with van der Waals surface area (Å²) in [5, 5.41) is 12.5. The smallest absolute Gasteiger partial charge is 0.239 e. The largest absolute Gasteiger partial charge is 0.301 e. The van der Waals surface area contributed by atoms with Gasteiger partial charge in [-0.25, -0.2) is 4.98 Å². The summed E-state index contributed by atoms with van der Waals surface area (Å²) in [6.45, 7) is 12.2. The maximum atomic E-state index is 12.6. The van der Waals surface area contributed by atoms with Crippen LogP contribution in [0, 0.1) is 20.8 Å². The highest BCUT2D eigenvalue weighted by atomic mass is 32.2. The van der Waals surface area contributed by atoms with Crippen LogP contribution in [0.15, 0.2) is 42.1 Å². The van der Waals surface area contributed by atoms with Gasteiger partial charge in [0.25, 0.3) is 0 Å². The summed E-state index contributed by atoms with van der Waals surface area (Å²) in [6.07, 6.45) is 1.80. The Labute approximate surface area is 173 Å². The van der Waals surface area contributed by atoms with E-state index in [4.69, 9.17) is 0 Å². The van der Waals surface area contributed by atoms with E-state index in [-0.39, 0.29) is 11.2 Å². The fourth-order valence-electron chi connectivity index (χ4n) is 2.61. The Bertz CT molecular complexity index is 988. The summed E-state index contributed by atoms with van der Waals surface area (Å²) in [5.41, 5.74) is 3.09. The van der Waals surface area contributed by atoms with Crippen LogP contribution in [0.4, 0.5) is 5.13 Å². The molecular formula is C20H23N5OS2. The molecule has 2 heterocycles. The number of nitrogens with one attached hydrogen (secondary N) is 1. The van der Waals surface area contributed by atoms with Crippen LogP contribution in [0.5, 0.6) is 0 Å². The van der Waals surface area contributed by atoms with E-state index in [9.17, 15) is 4.79 Å². The number of thiazole rings is 1. The average Bonchev–Trinajstić information content (AvgIpc) is 3.18. The Morgan fingerprint density at radius 3 is 2.79 bits per heavy atom. The first-order valence-corrected chi connectivity index (χ1v) is 10.6. The van der Waals surface area contributed by atoms with Gasteiger partial charge in [-0.3, -0.25) is 9.36 Å². The van der Waals surface area contributed by atoms with Gasteiger partial charge in [0.15, 0.2) is 16.1 Å². The van der Waals surface area contributed by atoms with Crippen LogP contribution >= 0.6 is 23.1 Å². The molecule has 1 N–H and O–H groups in total. The van der Waals surface area contributed by atoms with Gasteiger partial charge in [-0.15, -0.1) is 28.1 Å². The zero-order valence-corrected chi connectivity index (χ0v) is 18.0. The van der Waals surface area contributed by atoms with E-state index in [1.54, 1.807) is 6.08 Å². The van der Waals surface area contributed by atoms with Crippen molar-refractivity contribution >= 4 is 34.1 Å². The molecule has 1 amide bonds. The van der Waals surface area contributed by atoms with Crippen LogP contribution in [0.2, 0.25) is 0 Å². The van der Waals surface area contributed by atoms with E-state index < -0.39 is 0 Å². The molecule has 146 valence electrons. The van der Waals surface area contributed by atoms with Crippen molar-refractivity contribution in [2.75, 3.05) is 5.32 Å². The molecule has 1 atom stereocenters. The average molecular weight is 414 g/mol. The molecule has 0 saturated heterocycles. The van der Waals surface area contributed by atoms with Gasteiger partial charge < -0.3 is 5.32 Å². The second-order valence-corrected chi connectivity index (χ2v) is 9.00. The highest BCUT2D eigenvalue weighted by Gasteiger charge is 2.21. The minimum atomic E-state index is -0.345. The van der Waals surface area contributed by atoms with Gasteiger partial charge >= 0.3 is 0 Å². The Morgan fingerprint density at radius 1 is 1.36 bits per heavy atom. The number of amides is 1. The van der Waals surface area contributed by atoms with Crippen molar-refractivity contribution in [2.24, 2.45) is 0 Å². The van der Waals surface area contributed by atoms with Crippen molar-refractivity contribution < 1.29 is 4.79 Å². The minimum absolute atomic E-state index is 0.107. The molecule has 28 heavy (non-hydrogen) atoms. The lowest BCUT2D eigenvalue weighted by atomic mass is 10.1. The summed E-state index contributed by atoms with van der Waals surface area (Å²) in [6, 6.07) is 8.12. The van der Waals surface area contributed by atoms with E-state index in [1.807, 2.05) is 50.5 Å². The van der Waals surface area contributed by atoms with E-state index in [0.29, 0.717) is 16.8 Å². The maximum Gasteiger partial charge on any atom is 0.239 e. The van der Waals surface area contributed by atoms with E-state index >= 15 is 0 Å². The summed E-state index contributed by atoms with van der Waals surface area (Å²) in [5.74, 6) is 0.661. The summed E-state index contributed by atoms with van der Waals surface area (Å²) >= 11 is 2.86. The third kappa shape index (κ3) is 4.51. The highest BCUT2D eigenvalue weighted by molar-refractivity contribution is 8.00. The van der Waals surface area contributed by atoms with E-state index in [1.165, 1.54) is 23.1 Å². The number of thioether (sulfide) groups is 1. The highest BCUT2D eigenvalue weighted by Crippen LogP contribution is 2.28. The number of carbonyl (C=O) groups is 1. The van der Waals surface area contributed by atoms with Crippen LogP contribution in [-0.2, 0) is 11.3 Å². The molecule has 0 aliphatic heterocycles. The molecule has 0 aliphatic rings. The molecule has 3 rings (SSSR count). The van der Waals surface area contributed by atoms with Gasteiger partial charge in [-0.2, -0.15) is 0 Å². The van der Waals surface area contributed by atoms with Gasteiger partial charge in [0.2, 0.25) is 5.91 Å². The zero-order valence-electron chi connectivity index (χ0n) is 16.4. The number of hydrogen-bond donors (Lipinski definition) is 1. The van der Waals surface area contributed by atoms with Crippen molar-refractivity contribution in [3.63, 3.8) is 0 Å². The molecule has 1 aromatic carbocycles. The third-order valence-corrected chi connectivity index (χ3v) is 6.28. The molecule has 0 aliphatic carbocycles. The second kappa shape index (κ2) is 8.70. The maximum absolute atomic E-state index is 12.6. The molecule has 6 nitrogen and oxygen atoms in total. The normalized spacial score (nSPS) is 12.0. The van der Waals surface area contributed by atoms with E-state index in [0.717, 1.165) is 27.5 Å². The fraction of sp³-hybridized carbons (Fsp3) is 0.300. The number of benzene rings is 1. The number of anilines is 1. The quantitative estimate of drug-likeness (QED) is 0.451. The van der Waals surface area contributed by atoms with Crippen molar-refractivity contribution in [3.05, 3.63) is 53.1 Å². The molecule has 8 heteroatoms. The molecule has 0 bridgehead atoms. The minimum Gasteiger partial charge on any atom is -0.301 e. The Kier molecular flexibility index (Phi) is 6.31. The molecular weight excluding hydrogens is 390 g/mol. The molecule has 0 fully saturated rings. The van der Waals surface area contributed by atoms with Gasteiger partial charge in [0.1, 0.15) is 0 Å². The molecule has 0 unspecified atom stereocenters. The standard InChI is InChI=1S/C20H23N5OS2/c1-6-10-25-17(16-9-7-8-12(2)11-16)23-24-20(25)28-15(5)18(26)22-19-21-13(3)14(4)27-19/h6-9,11,15H,1,10H2,2-5H3,(H,21,22,26)/t15-/m1/s1. The Balaban J connectivity index is 1.79. The monoisotopic (exact) mass is 413 g/mol. The predicted molar refractivity (Wildman–Crippen MR) is 116 cm³/mol. The van der Waals surface area contributed by atoms with E-state index in [2.05, 4.69) is 33.1 Å². The topological polar surface area (TPSA) is 72.7 Å².